The van der Waals surface area contributed by atoms with E-state index in [1.807, 2.05) is 0 Å². The molecule has 0 fully saturated rings. The number of primary sulfonamides is 1. The zero-order chi connectivity index (χ0) is 14.9. The van der Waals surface area contributed by atoms with Crippen molar-refractivity contribution in [2.24, 2.45) is 5.14 Å². The summed E-state index contributed by atoms with van der Waals surface area (Å²) in [6, 6.07) is 8.82. The molecule has 0 saturated carbocycles. The van der Waals surface area contributed by atoms with Crippen molar-refractivity contribution in [3.63, 3.8) is 0 Å². The molecule has 5 nitrogen and oxygen atoms in total. The van der Waals surface area contributed by atoms with E-state index in [2.05, 4.69) is 0 Å². The maximum atomic E-state index is 11.2. The highest BCUT2D eigenvalue weighted by Gasteiger charge is 2.13. The number of benzene rings is 2. The van der Waals surface area contributed by atoms with Gasteiger partial charge in [-0.2, -0.15) is 0 Å². The highest BCUT2D eigenvalue weighted by atomic mass is 35.5. The molecule has 8 heteroatoms. The van der Waals surface area contributed by atoms with Crippen LogP contribution in [0.1, 0.15) is 0 Å². The topological polar surface area (TPSA) is 95.4 Å². The normalized spacial score (nSPS) is 11.3. The van der Waals surface area contributed by atoms with Crippen LogP contribution < -0.4 is 15.6 Å². The van der Waals surface area contributed by atoms with Crippen LogP contribution in [0.4, 0.5) is 5.69 Å². The molecule has 20 heavy (non-hydrogen) atoms. The van der Waals surface area contributed by atoms with Gasteiger partial charge in [0.25, 0.3) is 0 Å². The van der Waals surface area contributed by atoms with Crippen molar-refractivity contribution in [1.82, 2.24) is 0 Å². The first-order valence-corrected chi connectivity index (χ1v) is 7.63. The standard InChI is InChI=1S/C12H10Cl2N2O3S/c13-9-3-1-7(5-10(9)14)19-8-2-4-12(11(15)6-8)20(16,17)18/h1-6H,15H2,(H2,16,17,18). The molecule has 106 valence electrons. The Morgan fingerprint density at radius 2 is 1.55 bits per heavy atom. The van der Waals surface area contributed by atoms with E-state index in [0.717, 1.165) is 0 Å². The fourth-order valence-corrected chi connectivity index (χ4v) is 2.46. The number of rotatable bonds is 3. The third-order valence-corrected chi connectivity index (χ3v) is 4.14. The molecule has 0 aliphatic rings. The summed E-state index contributed by atoms with van der Waals surface area (Å²) in [5, 5.41) is 5.77. The van der Waals surface area contributed by atoms with Gasteiger partial charge in [0.2, 0.25) is 10.0 Å². The maximum Gasteiger partial charge on any atom is 0.240 e. The van der Waals surface area contributed by atoms with Gasteiger partial charge < -0.3 is 10.5 Å². The molecule has 0 unspecified atom stereocenters. The van der Waals surface area contributed by atoms with Crippen LogP contribution in [0.15, 0.2) is 41.3 Å². The van der Waals surface area contributed by atoms with Crippen molar-refractivity contribution in [1.29, 1.82) is 0 Å². The van der Waals surface area contributed by atoms with E-state index < -0.39 is 10.0 Å². The number of halogens is 2. The molecule has 0 amide bonds. The lowest BCUT2D eigenvalue weighted by Gasteiger charge is -2.09. The van der Waals surface area contributed by atoms with Gasteiger partial charge in [-0.25, -0.2) is 13.6 Å². The molecule has 0 spiro atoms. The minimum Gasteiger partial charge on any atom is -0.457 e. The van der Waals surface area contributed by atoms with Crippen LogP contribution in [0.2, 0.25) is 10.0 Å². The highest BCUT2D eigenvalue weighted by molar-refractivity contribution is 7.89. The second-order valence-corrected chi connectivity index (χ2v) is 6.27. The predicted molar refractivity (Wildman–Crippen MR) is 78.8 cm³/mol. The van der Waals surface area contributed by atoms with Gasteiger partial charge in [0.15, 0.2) is 0 Å². The average Bonchev–Trinajstić information content (AvgIpc) is 2.32. The molecule has 0 saturated heterocycles. The lowest BCUT2D eigenvalue weighted by molar-refractivity contribution is 0.482. The second-order valence-electron chi connectivity index (χ2n) is 3.92. The Morgan fingerprint density at radius 1 is 0.950 bits per heavy atom. The zero-order valence-electron chi connectivity index (χ0n) is 10.0. The number of ether oxygens (including phenoxy) is 1. The average molecular weight is 333 g/mol. The fourth-order valence-electron chi connectivity index (χ4n) is 1.53. The first kappa shape index (κ1) is 14.9. The van der Waals surface area contributed by atoms with E-state index in [1.165, 1.54) is 24.3 Å². The van der Waals surface area contributed by atoms with Gasteiger partial charge in [0.1, 0.15) is 16.4 Å². The van der Waals surface area contributed by atoms with Crippen LogP contribution in [-0.2, 0) is 10.0 Å². The van der Waals surface area contributed by atoms with Crippen molar-refractivity contribution < 1.29 is 13.2 Å². The van der Waals surface area contributed by atoms with Crippen LogP contribution in [0.5, 0.6) is 11.5 Å². The lowest BCUT2D eigenvalue weighted by atomic mass is 10.3. The molecule has 0 aliphatic heterocycles. The van der Waals surface area contributed by atoms with Gasteiger partial charge in [0.05, 0.1) is 15.7 Å². The number of hydrogen-bond acceptors (Lipinski definition) is 4. The first-order valence-electron chi connectivity index (χ1n) is 5.32. The van der Waals surface area contributed by atoms with Crippen LogP contribution in [-0.4, -0.2) is 8.42 Å². The second kappa shape index (κ2) is 5.49. The number of sulfonamides is 1. The minimum atomic E-state index is -3.85. The number of nitrogens with two attached hydrogens (primary N) is 2. The summed E-state index contributed by atoms with van der Waals surface area (Å²) in [6.07, 6.45) is 0. The fraction of sp³-hybridized carbons (Fsp3) is 0. The molecule has 0 radical (unpaired) electrons. The molecule has 2 rings (SSSR count). The molecule has 0 aliphatic carbocycles. The Balaban J connectivity index is 2.31. The smallest absolute Gasteiger partial charge is 0.240 e. The Hall–Kier alpha value is -1.47. The van der Waals surface area contributed by atoms with Gasteiger partial charge in [0, 0.05) is 12.1 Å². The number of nitrogen functional groups attached to an aromatic ring is 1. The number of hydrogen-bond donors (Lipinski definition) is 2. The Bertz CT molecular complexity index is 763. The van der Waals surface area contributed by atoms with Crippen molar-refractivity contribution in [3.8, 4) is 11.5 Å². The lowest BCUT2D eigenvalue weighted by Crippen LogP contribution is -2.14. The quantitative estimate of drug-likeness (QED) is 0.844. The monoisotopic (exact) mass is 332 g/mol. The number of anilines is 1. The Kier molecular flexibility index (Phi) is 4.10. The highest BCUT2D eigenvalue weighted by Crippen LogP contribution is 2.31. The summed E-state index contributed by atoms with van der Waals surface area (Å²) in [5.74, 6) is 0.801. The van der Waals surface area contributed by atoms with Crippen LogP contribution in [0.3, 0.4) is 0 Å². The van der Waals surface area contributed by atoms with Gasteiger partial charge in [-0.15, -0.1) is 0 Å². The van der Waals surface area contributed by atoms with Crippen molar-refractivity contribution in [3.05, 3.63) is 46.4 Å². The maximum absolute atomic E-state index is 11.2. The minimum absolute atomic E-state index is 0.00469. The van der Waals surface area contributed by atoms with Crippen LogP contribution >= 0.6 is 23.2 Å². The summed E-state index contributed by atoms with van der Waals surface area (Å²) in [5.41, 5.74) is 5.63. The van der Waals surface area contributed by atoms with Crippen molar-refractivity contribution in [2.75, 3.05) is 5.73 Å². The summed E-state index contributed by atoms with van der Waals surface area (Å²) >= 11 is 11.7. The summed E-state index contributed by atoms with van der Waals surface area (Å²) in [6.45, 7) is 0. The van der Waals surface area contributed by atoms with Gasteiger partial charge in [-0.1, -0.05) is 23.2 Å². The van der Waals surface area contributed by atoms with Crippen LogP contribution in [0.25, 0.3) is 0 Å². The molecule has 4 N–H and O–H groups in total. The van der Waals surface area contributed by atoms with E-state index in [1.54, 1.807) is 12.1 Å². The first-order chi connectivity index (χ1) is 9.27. The summed E-state index contributed by atoms with van der Waals surface area (Å²) in [4.78, 5) is -0.154. The van der Waals surface area contributed by atoms with Crippen LogP contribution in [0, 0.1) is 0 Å². The summed E-state index contributed by atoms with van der Waals surface area (Å²) in [7, 11) is -3.85. The van der Waals surface area contributed by atoms with E-state index in [-0.39, 0.29) is 10.6 Å². The SMILES string of the molecule is Nc1cc(Oc2ccc(Cl)c(Cl)c2)ccc1S(N)(=O)=O. The molecule has 0 aromatic heterocycles. The molecule has 0 bridgehead atoms. The van der Waals surface area contributed by atoms with E-state index in [9.17, 15) is 8.42 Å². The molecular formula is C12H10Cl2N2O3S. The molecule has 0 atom stereocenters. The zero-order valence-corrected chi connectivity index (χ0v) is 12.3. The molecular weight excluding hydrogens is 323 g/mol. The van der Waals surface area contributed by atoms with E-state index in [0.29, 0.717) is 21.5 Å². The molecule has 2 aromatic carbocycles. The van der Waals surface area contributed by atoms with E-state index in [4.69, 9.17) is 38.8 Å². The van der Waals surface area contributed by atoms with Gasteiger partial charge in [-0.3, -0.25) is 0 Å². The Morgan fingerprint density at radius 3 is 2.10 bits per heavy atom. The Labute approximate surface area is 126 Å². The third kappa shape index (κ3) is 3.34. The van der Waals surface area contributed by atoms with Gasteiger partial charge in [-0.05, 0) is 24.3 Å². The predicted octanol–water partition coefficient (Wildman–Crippen LogP) is 3.02. The molecule has 2 aromatic rings. The van der Waals surface area contributed by atoms with Gasteiger partial charge >= 0.3 is 0 Å². The summed E-state index contributed by atoms with van der Waals surface area (Å²) < 4.78 is 28.0. The third-order valence-electron chi connectivity index (χ3n) is 2.41. The largest absolute Gasteiger partial charge is 0.457 e. The van der Waals surface area contributed by atoms with Crippen molar-refractivity contribution in [2.45, 2.75) is 4.90 Å². The van der Waals surface area contributed by atoms with E-state index >= 15 is 0 Å². The van der Waals surface area contributed by atoms with Crippen molar-refractivity contribution >= 4 is 38.9 Å². The molecule has 0 heterocycles.